The molecule has 0 bridgehead atoms. The molecule has 0 aliphatic carbocycles. The summed E-state index contributed by atoms with van der Waals surface area (Å²) in [6, 6.07) is 0. The zero-order valence-corrected chi connectivity index (χ0v) is 15.1. The molecule has 0 aromatic carbocycles. The van der Waals surface area contributed by atoms with Crippen LogP contribution in [0.1, 0.15) is 51.9 Å². The van der Waals surface area contributed by atoms with Crippen LogP contribution in [0.25, 0.3) is 0 Å². The maximum absolute atomic E-state index is 10.3. The van der Waals surface area contributed by atoms with Gasteiger partial charge in [-0.15, -0.1) is 0 Å². The van der Waals surface area contributed by atoms with Crippen LogP contribution in [0.15, 0.2) is 72.6 Å². The van der Waals surface area contributed by atoms with E-state index in [-0.39, 0.29) is 6.42 Å². The minimum atomic E-state index is -0.746. The van der Waals surface area contributed by atoms with Gasteiger partial charge < -0.3 is 9.84 Å². The van der Waals surface area contributed by atoms with Gasteiger partial charge in [0, 0.05) is 12.8 Å². The highest BCUT2D eigenvalue weighted by atomic mass is 16.6. The summed E-state index contributed by atoms with van der Waals surface area (Å²) >= 11 is 0. The maximum Gasteiger partial charge on any atom is 0.303 e. The number of epoxide rings is 1. The first-order chi connectivity index (χ1) is 12.2. The minimum absolute atomic E-state index is 0.204. The molecule has 1 aliphatic rings. The van der Waals surface area contributed by atoms with Crippen LogP contribution in [0.2, 0.25) is 0 Å². The monoisotopic (exact) mass is 342 g/mol. The van der Waals surface area contributed by atoms with Gasteiger partial charge in [0.05, 0.1) is 0 Å². The third-order valence-electron chi connectivity index (χ3n) is 3.53. The van der Waals surface area contributed by atoms with E-state index in [1.807, 2.05) is 12.2 Å². The standard InChI is InChI=1S/C22H30O3/c1-2-3-14-17-20-21(25-20)18-15-12-10-8-6-4-5-7-9-11-13-16-19-22(23)24/h3,5-8,11-15,18,20H,2,4,9-10,16-17,19H2,1H3,(H,23,24)/b7-5-,8-6-,13-11-,14-3-,15-12-,21-18+/t20-/m1/s1. The molecule has 0 spiro atoms. The molecule has 0 aromatic rings. The average molecular weight is 342 g/mol. The van der Waals surface area contributed by atoms with Gasteiger partial charge in [-0.05, 0) is 38.2 Å². The van der Waals surface area contributed by atoms with Gasteiger partial charge in [0.1, 0.15) is 5.76 Å². The molecule has 1 fully saturated rings. The van der Waals surface area contributed by atoms with E-state index in [4.69, 9.17) is 9.84 Å². The van der Waals surface area contributed by atoms with E-state index < -0.39 is 5.97 Å². The van der Waals surface area contributed by atoms with E-state index in [0.717, 1.165) is 37.9 Å². The number of aliphatic carboxylic acids is 1. The molecule has 25 heavy (non-hydrogen) atoms. The number of carboxylic acids is 1. The molecule has 0 radical (unpaired) electrons. The zero-order chi connectivity index (χ0) is 18.2. The Bertz CT molecular complexity index is 548. The molecule has 3 heteroatoms. The first-order valence-electron chi connectivity index (χ1n) is 9.09. The van der Waals surface area contributed by atoms with Crippen molar-refractivity contribution >= 4 is 5.97 Å². The van der Waals surface area contributed by atoms with E-state index in [2.05, 4.69) is 61.6 Å². The first kappa shape index (κ1) is 20.8. The maximum atomic E-state index is 10.3. The molecule has 0 unspecified atom stereocenters. The summed E-state index contributed by atoms with van der Waals surface area (Å²) < 4.78 is 5.48. The predicted octanol–water partition coefficient (Wildman–Crippen LogP) is 5.89. The quantitative estimate of drug-likeness (QED) is 0.335. The lowest BCUT2D eigenvalue weighted by atomic mass is 10.2. The lowest BCUT2D eigenvalue weighted by Crippen LogP contribution is -1.91. The molecular formula is C22H30O3. The lowest BCUT2D eigenvalue weighted by Gasteiger charge is -1.87. The third-order valence-corrected chi connectivity index (χ3v) is 3.53. The number of carbonyl (C=O) groups is 1. The molecule has 1 aliphatic heterocycles. The highest BCUT2D eigenvalue weighted by Gasteiger charge is 2.29. The van der Waals surface area contributed by atoms with Crippen molar-refractivity contribution in [3.63, 3.8) is 0 Å². The number of carboxylic acid groups (broad SMARTS) is 1. The zero-order valence-electron chi connectivity index (χ0n) is 15.1. The summed E-state index contributed by atoms with van der Waals surface area (Å²) in [5.41, 5.74) is 0. The summed E-state index contributed by atoms with van der Waals surface area (Å²) in [7, 11) is 0. The van der Waals surface area contributed by atoms with Crippen LogP contribution in [-0.4, -0.2) is 17.2 Å². The second-order valence-corrected chi connectivity index (χ2v) is 5.77. The molecule has 1 atom stereocenters. The second kappa shape index (κ2) is 14.1. The van der Waals surface area contributed by atoms with E-state index in [1.54, 1.807) is 0 Å². The smallest absolute Gasteiger partial charge is 0.303 e. The van der Waals surface area contributed by atoms with Crippen molar-refractivity contribution in [1.82, 2.24) is 0 Å². The number of hydrogen-bond donors (Lipinski definition) is 1. The van der Waals surface area contributed by atoms with Crippen molar-refractivity contribution in [1.29, 1.82) is 0 Å². The Morgan fingerprint density at radius 3 is 2.24 bits per heavy atom. The van der Waals surface area contributed by atoms with E-state index in [9.17, 15) is 4.79 Å². The van der Waals surface area contributed by atoms with Crippen LogP contribution in [0.3, 0.4) is 0 Å². The largest absolute Gasteiger partial charge is 0.483 e. The molecule has 0 saturated carbocycles. The van der Waals surface area contributed by atoms with Gasteiger partial charge >= 0.3 is 5.97 Å². The summed E-state index contributed by atoms with van der Waals surface area (Å²) in [6.45, 7) is 2.13. The van der Waals surface area contributed by atoms with E-state index in [0.29, 0.717) is 12.5 Å². The Hall–Kier alpha value is -2.29. The van der Waals surface area contributed by atoms with Crippen LogP contribution in [0.4, 0.5) is 0 Å². The van der Waals surface area contributed by atoms with Crippen LogP contribution < -0.4 is 0 Å². The SMILES string of the molecule is CC/C=C\C[C@H]1O/C1=C/C=C\C/C=C\C/C=C\C/C=C\CCC(=O)O. The van der Waals surface area contributed by atoms with Crippen molar-refractivity contribution in [2.75, 3.05) is 0 Å². The molecule has 1 rings (SSSR count). The van der Waals surface area contributed by atoms with Crippen molar-refractivity contribution in [3.05, 3.63) is 72.6 Å². The predicted molar refractivity (Wildman–Crippen MR) is 104 cm³/mol. The molecule has 136 valence electrons. The lowest BCUT2D eigenvalue weighted by molar-refractivity contribution is -0.136. The topological polar surface area (TPSA) is 49.8 Å². The normalized spacial score (nSPS) is 19.2. The van der Waals surface area contributed by atoms with Gasteiger partial charge in [0.2, 0.25) is 0 Å². The third kappa shape index (κ3) is 12.8. The number of hydrogen-bond acceptors (Lipinski definition) is 2. The highest BCUT2D eigenvalue weighted by molar-refractivity contribution is 5.66. The molecule has 1 heterocycles. The van der Waals surface area contributed by atoms with Crippen molar-refractivity contribution in [2.45, 2.75) is 58.0 Å². The fourth-order valence-electron chi connectivity index (χ4n) is 2.11. The van der Waals surface area contributed by atoms with Gasteiger partial charge in [-0.2, -0.15) is 0 Å². The fraction of sp³-hybridized carbons (Fsp3) is 0.409. The number of rotatable bonds is 13. The van der Waals surface area contributed by atoms with Crippen molar-refractivity contribution in [2.24, 2.45) is 0 Å². The Morgan fingerprint density at radius 1 is 0.960 bits per heavy atom. The molecule has 0 amide bonds. The first-order valence-corrected chi connectivity index (χ1v) is 9.09. The number of allylic oxidation sites excluding steroid dienone is 10. The highest BCUT2D eigenvalue weighted by Crippen LogP contribution is 2.30. The molecule has 1 N–H and O–H groups in total. The van der Waals surface area contributed by atoms with Crippen LogP contribution >= 0.6 is 0 Å². The summed E-state index contributed by atoms with van der Waals surface area (Å²) in [6.07, 6.45) is 28.9. The Balaban J connectivity index is 2.00. The molecule has 1 saturated heterocycles. The van der Waals surface area contributed by atoms with Gasteiger partial charge in [-0.3, -0.25) is 4.79 Å². The van der Waals surface area contributed by atoms with Gasteiger partial charge in [-0.1, -0.05) is 67.7 Å². The van der Waals surface area contributed by atoms with Crippen LogP contribution in [0, 0.1) is 0 Å². The fourth-order valence-corrected chi connectivity index (χ4v) is 2.11. The second-order valence-electron chi connectivity index (χ2n) is 5.77. The van der Waals surface area contributed by atoms with Crippen molar-refractivity contribution in [3.8, 4) is 0 Å². The van der Waals surface area contributed by atoms with E-state index >= 15 is 0 Å². The minimum Gasteiger partial charge on any atom is -0.483 e. The van der Waals surface area contributed by atoms with Crippen molar-refractivity contribution < 1.29 is 14.6 Å². The van der Waals surface area contributed by atoms with Gasteiger partial charge in [0.15, 0.2) is 6.10 Å². The Morgan fingerprint density at radius 2 is 1.60 bits per heavy atom. The van der Waals surface area contributed by atoms with Gasteiger partial charge in [-0.25, -0.2) is 0 Å². The Kier molecular flexibility index (Phi) is 11.7. The summed E-state index contributed by atoms with van der Waals surface area (Å²) in [4.78, 5) is 10.3. The molecule has 0 aromatic heterocycles. The van der Waals surface area contributed by atoms with E-state index in [1.165, 1.54) is 0 Å². The van der Waals surface area contributed by atoms with Crippen LogP contribution in [0.5, 0.6) is 0 Å². The number of ether oxygens (including phenoxy) is 1. The van der Waals surface area contributed by atoms with Crippen LogP contribution in [-0.2, 0) is 9.53 Å². The summed E-state index contributed by atoms with van der Waals surface area (Å²) in [5.74, 6) is 0.338. The van der Waals surface area contributed by atoms with Gasteiger partial charge in [0.25, 0.3) is 0 Å². The Labute approximate surface area is 151 Å². The summed E-state index contributed by atoms with van der Waals surface area (Å²) in [5, 5.41) is 8.50. The molecular weight excluding hydrogens is 312 g/mol. The average Bonchev–Trinajstić information content (AvgIpc) is 3.33. The molecule has 3 nitrogen and oxygen atoms in total.